The van der Waals surface area contributed by atoms with Gasteiger partial charge in [0, 0.05) is 43.6 Å². The minimum absolute atomic E-state index is 0.236. The van der Waals surface area contributed by atoms with Gasteiger partial charge in [0.15, 0.2) is 0 Å². The molecule has 2 fully saturated rings. The van der Waals surface area contributed by atoms with Crippen molar-refractivity contribution in [2.24, 2.45) is 0 Å². The van der Waals surface area contributed by atoms with Gasteiger partial charge < -0.3 is 25.3 Å². The Morgan fingerprint density at radius 3 is 2.25 bits per heavy atom. The average molecular weight is 538 g/mol. The summed E-state index contributed by atoms with van der Waals surface area (Å²) in [5, 5.41) is 37.2. The summed E-state index contributed by atoms with van der Waals surface area (Å²) in [4.78, 5) is 17.7. The van der Waals surface area contributed by atoms with Crippen molar-refractivity contribution in [2.45, 2.75) is 37.9 Å². The van der Waals surface area contributed by atoms with Crippen molar-refractivity contribution in [1.82, 2.24) is 24.7 Å². The van der Waals surface area contributed by atoms with E-state index in [1.165, 1.54) is 0 Å². The highest BCUT2D eigenvalue weighted by atomic mass is 16.3. The van der Waals surface area contributed by atoms with Gasteiger partial charge >= 0.3 is 0 Å². The zero-order valence-electron chi connectivity index (χ0n) is 22.1. The highest BCUT2D eigenvalue weighted by Gasteiger charge is 2.21. The number of hydrogen-bond donors (Lipinski definition) is 3. The van der Waals surface area contributed by atoms with E-state index in [9.17, 15) is 15.5 Å². The Kier molecular flexibility index (Phi) is 7.27. The van der Waals surface area contributed by atoms with Gasteiger partial charge in [-0.2, -0.15) is 10.2 Å². The molecule has 6 rings (SSSR count). The zero-order chi connectivity index (χ0) is 27.5. The fraction of sp³-hybridized carbons (Fsp3) is 0.345. The summed E-state index contributed by atoms with van der Waals surface area (Å²) in [7, 11) is 0. The van der Waals surface area contributed by atoms with E-state index in [0.717, 1.165) is 61.6 Å². The van der Waals surface area contributed by atoms with Gasteiger partial charge in [0.25, 0.3) is 0 Å². The molecule has 2 aromatic heterocycles. The fourth-order valence-electron chi connectivity index (χ4n) is 5.16. The van der Waals surface area contributed by atoms with E-state index < -0.39 is 0 Å². The van der Waals surface area contributed by atoms with Crippen molar-refractivity contribution in [3.8, 4) is 23.0 Å². The second-order valence-corrected chi connectivity index (χ2v) is 10.2. The summed E-state index contributed by atoms with van der Waals surface area (Å²) < 4.78 is 1.74. The SMILES string of the molecule is N#Cc1cc(-c2ccnc(Nc3ccc(-n4cnc(N5CCC(O)CC5)n4)cc3)n2)ccc1N1CCC(O)CC1. The van der Waals surface area contributed by atoms with Gasteiger partial charge in [-0.15, -0.1) is 5.10 Å². The molecule has 11 nitrogen and oxygen atoms in total. The van der Waals surface area contributed by atoms with E-state index in [-0.39, 0.29) is 12.2 Å². The van der Waals surface area contributed by atoms with E-state index in [1.54, 1.807) is 17.2 Å². The van der Waals surface area contributed by atoms with Crippen molar-refractivity contribution >= 4 is 23.3 Å². The molecule has 2 aliphatic heterocycles. The molecule has 11 heteroatoms. The second kappa shape index (κ2) is 11.3. The third-order valence-corrected chi connectivity index (χ3v) is 7.49. The number of nitrogens with one attached hydrogen (secondary N) is 1. The normalized spacial score (nSPS) is 16.6. The Bertz CT molecular complexity index is 1500. The molecule has 204 valence electrons. The average Bonchev–Trinajstić information content (AvgIpc) is 3.49. The molecule has 0 unspecified atom stereocenters. The van der Waals surface area contributed by atoms with Crippen LogP contribution >= 0.6 is 0 Å². The lowest BCUT2D eigenvalue weighted by Crippen LogP contribution is -2.36. The van der Waals surface area contributed by atoms with Crippen molar-refractivity contribution < 1.29 is 10.2 Å². The summed E-state index contributed by atoms with van der Waals surface area (Å²) in [5.74, 6) is 1.12. The molecule has 2 aromatic carbocycles. The molecule has 4 aromatic rings. The molecule has 0 spiro atoms. The molecule has 0 saturated carbocycles. The molecule has 0 amide bonds. The number of anilines is 4. The molecular formula is C29H31N9O2. The van der Waals surface area contributed by atoms with Crippen LogP contribution in [0.25, 0.3) is 16.9 Å². The fourth-order valence-corrected chi connectivity index (χ4v) is 5.16. The number of hydrogen-bond acceptors (Lipinski definition) is 10. The quantitative estimate of drug-likeness (QED) is 0.336. The highest BCUT2D eigenvalue weighted by molar-refractivity contribution is 5.70. The van der Waals surface area contributed by atoms with Crippen LogP contribution in [0.2, 0.25) is 0 Å². The number of aromatic nitrogens is 5. The van der Waals surface area contributed by atoms with Gasteiger partial charge in [0.05, 0.1) is 34.8 Å². The Morgan fingerprint density at radius 2 is 1.55 bits per heavy atom. The largest absolute Gasteiger partial charge is 0.393 e. The van der Waals surface area contributed by atoms with E-state index in [0.29, 0.717) is 36.0 Å². The Morgan fingerprint density at radius 1 is 0.850 bits per heavy atom. The van der Waals surface area contributed by atoms with Gasteiger partial charge in [-0.1, -0.05) is 6.07 Å². The maximum Gasteiger partial charge on any atom is 0.245 e. The molecule has 4 heterocycles. The van der Waals surface area contributed by atoms with Crippen LogP contribution in [0.1, 0.15) is 31.2 Å². The Labute approximate surface area is 232 Å². The van der Waals surface area contributed by atoms with Crippen molar-refractivity contribution in [3.05, 3.63) is 66.6 Å². The molecule has 0 aliphatic carbocycles. The summed E-state index contributed by atoms with van der Waals surface area (Å²) >= 11 is 0. The molecule has 40 heavy (non-hydrogen) atoms. The molecule has 0 radical (unpaired) electrons. The number of rotatable bonds is 6. The predicted octanol–water partition coefficient (Wildman–Crippen LogP) is 3.26. The smallest absolute Gasteiger partial charge is 0.245 e. The predicted molar refractivity (Wildman–Crippen MR) is 152 cm³/mol. The summed E-state index contributed by atoms with van der Waals surface area (Å²) in [5.41, 5.74) is 4.73. The maximum atomic E-state index is 9.82. The minimum Gasteiger partial charge on any atom is -0.393 e. The van der Waals surface area contributed by atoms with Crippen LogP contribution in [-0.4, -0.2) is 73.3 Å². The van der Waals surface area contributed by atoms with Crippen molar-refractivity contribution in [2.75, 3.05) is 41.3 Å². The van der Waals surface area contributed by atoms with Crippen LogP contribution in [0.3, 0.4) is 0 Å². The van der Waals surface area contributed by atoms with E-state index in [1.807, 2.05) is 48.5 Å². The summed E-state index contributed by atoms with van der Waals surface area (Å²) in [6.07, 6.45) is 5.77. The molecule has 0 bridgehead atoms. The zero-order valence-corrected chi connectivity index (χ0v) is 22.1. The minimum atomic E-state index is -0.263. The van der Waals surface area contributed by atoms with Gasteiger partial charge in [-0.05, 0) is 68.1 Å². The lowest BCUT2D eigenvalue weighted by molar-refractivity contribution is 0.145. The first-order valence-corrected chi connectivity index (χ1v) is 13.6. The van der Waals surface area contributed by atoms with Crippen molar-refractivity contribution in [3.63, 3.8) is 0 Å². The summed E-state index contributed by atoms with van der Waals surface area (Å²) in [6.45, 7) is 2.96. The highest BCUT2D eigenvalue weighted by Crippen LogP contribution is 2.29. The van der Waals surface area contributed by atoms with Crippen LogP contribution in [0.5, 0.6) is 0 Å². The van der Waals surface area contributed by atoms with E-state index in [4.69, 9.17) is 0 Å². The van der Waals surface area contributed by atoms with E-state index >= 15 is 0 Å². The monoisotopic (exact) mass is 537 g/mol. The van der Waals surface area contributed by atoms with Crippen LogP contribution < -0.4 is 15.1 Å². The Hall–Kier alpha value is -4.53. The van der Waals surface area contributed by atoms with Crippen LogP contribution in [-0.2, 0) is 0 Å². The van der Waals surface area contributed by atoms with Crippen molar-refractivity contribution in [1.29, 1.82) is 5.26 Å². The molecule has 2 saturated heterocycles. The lowest BCUT2D eigenvalue weighted by Gasteiger charge is -2.32. The second-order valence-electron chi connectivity index (χ2n) is 10.2. The third-order valence-electron chi connectivity index (χ3n) is 7.49. The molecule has 3 N–H and O–H groups in total. The van der Waals surface area contributed by atoms with Crippen LogP contribution in [0, 0.1) is 11.3 Å². The first-order chi connectivity index (χ1) is 19.6. The number of aliphatic hydroxyl groups is 2. The van der Waals surface area contributed by atoms with Gasteiger partial charge in [-0.25, -0.2) is 14.6 Å². The topological polar surface area (TPSA) is 139 Å². The lowest BCUT2D eigenvalue weighted by atomic mass is 10.0. The molecular weight excluding hydrogens is 506 g/mol. The summed E-state index contributed by atoms with van der Waals surface area (Å²) in [6, 6.07) is 17.7. The number of benzene rings is 2. The Balaban J connectivity index is 1.14. The molecule has 0 atom stereocenters. The first kappa shape index (κ1) is 25.7. The van der Waals surface area contributed by atoms with E-state index in [2.05, 4.69) is 41.2 Å². The standard InChI is InChI=1S/C29H31N9O2/c30-18-21-17-20(1-6-27(21)36-13-8-24(39)9-14-36)26-7-12-31-28(34-26)33-22-2-4-23(5-3-22)38-19-32-29(35-38)37-15-10-25(40)11-16-37/h1-7,12,17,19,24-25,39-40H,8-11,13-16H2,(H,31,33,34). The van der Waals surface area contributed by atoms with Gasteiger partial charge in [-0.3, -0.25) is 0 Å². The number of nitrogens with zero attached hydrogens (tertiary/aromatic N) is 8. The van der Waals surface area contributed by atoms with Gasteiger partial charge in [0.2, 0.25) is 11.9 Å². The van der Waals surface area contributed by atoms with Crippen LogP contribution in [0.15, 0.2) is 61.1 Å². The number of nitriles is 1. The molecule has 2 aliphatic rings. The first-order valence-electron chi connectivity index (χ1n) is 13.6. The maximum absolute atomic E-state index is 9.82. The van der Waals surface area contributed by atoms with Gasteiger partial charge in [0.1, 0.15) is 12.4 Å². The third kappa shape index (κ3) is 5.59. The number of piperidine rings is 2. The number of aliphatic hydroxyl groups excluding tert-OH is 2. The van der Waals surface area contributed by atoms with Crippen LogP contribution in [0.4, 0.5) is 23.3 Å².